The second-order valence-corrected chi connectivity index (χ2v) is 8.65. The Morgan fingerprint density at radius 1 is 1.06 bits per heavy atom. The van der Waals surface area contributed by atoms with E-state index in [9.17, 15) is 30.8 Å². The summed E-state index contributed by atoms with van der Waals surface area (Å²) in [6.45, 7) is 5.37. The Kier molecular flexibility index (Phi) is 8.24. The lowest BCUT2D eigenvalue weighted by Gasteiger charge is -2.19. The zero-order valence-corrected chi connectivity index (χ0v) is 18.6. The van der Waals surface area contributed by atoms with Crippen molar-refractivity contribution in [1.82, 2.24) is 4.31 Å². The molecule has 0 aromatic heterocycles. The smallest absolute Gasteiger partial charge is 0.416 e. The average molecular weight is 476 g/mol. The van der Waals surface area contributed by atoms with Crippen LogP contribution in [0.1, 0.15) is 43.1 Å². The lowest BCUT2D eigenvalue weighted by molar-refractivity contribution is -0.137. The highest BCUT2D eigenvalue weighted by molar-refractivity contribution is 7.89. The fourth-order valence-corrected chi connectivity index (χ4v) is 4.43. The maximum atomic E-state index is 14.3. The molecule has 0 saturated heterocycles. The first kappa shape index (κ1) is 25.6. The molecular formula is C21H24F4N2O4S. The van der Waals surface area contributed by atoms with Gasteiger partial charge in [0.1, 0.15) is 16.5 Å². The van der Waals surface area contributed by atoms with E-state index in [1.165, 1.54) is 0 Å². The molecule has 0 bridgehead atoms. The number of hydrogen-bond acceptors (Lipinski definition) is 4. The van der Waals surface area contributed by atoms with Crippen LogP contribution in [-0.2, 0) is 16.2 Å². The topological polar surface area (TPSA) is 75.7 Å². The van der Waals surface area contributed by atoms with E-state index in [1.54, 1.807) is 20.8 Å². The number of carbonyl (C=O) groups excluding carboxylic acids is 1. The molecule has 11 heteroatoms. The molecule has 1 N–H and O–H groups in total. The number of amides is 1. The molecule has 0 saturated carbocycles. The number of anilines is 1. The summed E-state index contributed by atoms with van der Waals surface area (Å²) in [4.78, 5) is 12.0. The SMILES string of the molecule is CCCOc1ccc(C(F)(F)F)cc1NC(=O)c1ccc(F)c(S(=O)(=O)N(CC)CC)c1. The second kappa shape index (κ2) is 10.3. The first-order valence-corrected chi connectivity index (χ1v) is 11.3. The van der Waals surface area contributed by atoms with Crippen molar-refractivity contribution >= 4 is 21.6 Å². The first-order chi connectivity index (χ1) is 14.9. The quantitative estimate of drug-likeness (QED) is 0.522. The largest absolute Gasteiger partial charge is 0.491 e. The van der Waals surface area contributed by atoms with Gasteiger partial charge in [0.05, 0.1) is 17.9 Å². The van der Waals surface area contributed by atoms with Crippen LogP contribution in [0.2, 0.25) is 0 Å². The molecule has 0 atom stereocenters. The van der Waals surface area contributed by atoms with Gasteiger partial charge in [0.15, 0.2) is 0 Å². The Balaban J connectivity index is 2.45. The van der Waals surface area contributed by atoms with Gasteiger partial charge in [-0.1, -0.05) is 20.8 Å². The summed E-state index contributed by atoms with van der Waals surface area (Å²) in [5, 5.41) is 2.31. The van der Waals surface area contributed by atoms with Crippen molar-refractivity contribution in [2.24, 2.45) is 0 Å². The average Bonchev–Trinajstić information content (AvgIpc) is 2.72. The molecule has 0 spiro atoms. The summed E-state index contributed by atoms with van der Waals surface area (Å²) < 4.78 is 85.4. The number of carbonyl (C=O) groups is 1. The Morgan fingerprint density at radius 3 is 2.28 bits per heavy atom. The number of rotatable bonds is 9. The Hall–Kier alpha value is -2.66. The fraction of sp³-hybridized carbons (Fsp3) is 0.381. The van der Waals surface area contributed by atoms with E-state index in [0.717, 1.165) is 40.7 Å². The number of benzene rings is 2. The van der Waals surface area contributed by atoms with Crippen molar-refractivity contribution in [1.29, 1.82) is 0 Å². The summed E-state index contributed by atoms with van der Waals surface area (Å²) in [5.74, 6) is -1.94. The number of alkyl halides is 3. The molecule has 0 heterocycles. The molecule has 2 aromatic carbocycles. The van der Waals surface area contributed by atoms with E-state index in [4.69, 9.17) is 4.74 Å². The molecule has 176 valence electrons. The minimum Gasteiger partial charge on any atom is -0.491 e. The van der Waals surface area contributed by atoms with Crippen molar-refractivity contribution in [2.45, 2.75) is 38.3 Å². The van der Waals surface area contributed by atoms with Crippen molar-refractivity contribution in [3.05, 3.63) is 53.3 Å². The molecule has 32 heavy (non-hydrogen) atoms. The third-order valence-corrected chi connectivity index (χ3v) is 6.60. The Labute approximate surface area is 184 Å². The van der Waals surface area contributed by atoms with Gasteiger partial charge in [-0.3, -0.25) is 4.79 Å². The molecule has 0 aliphatic rings. The molecule has 1 amide bonds. The van der Waals surface area contributed by atoms with Gasteiger partial charge < -0.3 is 10.1 Å². The maximum absolute atomic E-state index is 14.3. The normalized spacial score (nSPS) is 12.1. The van der Waals surface area contributed by atoms with Crippen molar-refractivity contribution in [3.63, 3.8) is 0 Å². The minimum atomic E-state index is -4.65. The predicted molar refractivity (Wildman–Crippen MR) is 112 cm³/mol. The minimum absolute atomic E-state index is 0.0197. The summed E-state index contributed by atoms with van der Waals surface area (Å²) >= 11 is 0. The number of ether oxygens (including phenoxy) is 1. The molecule has 0 fully saturated rings. The molecule has 0 unspecified atom stereocenters. The monoisotopic (exact) mass is 476 g/mol. The number of halogens is 4. The highest BCUT2D eigenvalue weighted by atomic mass is 32.2. The molecule has 6 nitrogen and oxygen atoms in total. The lowest BCUT2D eigenvalue weighted by atomic mass is 10.1. The van der Waals surface area contributed by atoms with Gasteiger partial charge in [-0.05, 0) is 42.8 Å². The van der Waals surface area contributed by atoms with Crippen LogP contribution in [-0.4, -0.2) is 38.3 Å². The third kappa shape index (κ3) is 5.77. The van der Waals surface area contributed by atoms with E-state index in [2.05, 4.69) is 5.32 Å². The van der Waals surface area contributed by atoms with E-state index < -0.39 is 38.4 Å². The summed E-state index contributed by atoms with van der Waals surface area (Å²) in [6.07, 6.45) is -4.07. The number of nitrogens with one attached hydrogen (secondary N) is 1. The second-order valence-electron chi connectivity index (χ2n) is 6.75. The predicted octanol–water partition coefficient (Wildman–Crippen LogP) is 4.92. The van der Waals surface area contributed by atoms with Gasteiger partial charge in [0, 0.05) is 18.7 Å². The first-order valence-electron chi connectivity index (χ1n) is 9.90. The van der Waals surface area contributed by atoms with Crippen LogP contribution >= 0.6 is 0 Å². The molecular weight excluding hydrogens is 452 g/mol. The van der Waals surface area contributed by atoms with Crippen LogP contribution in [0.3, 0.4) is 0 Å². The summed E-state index contributed by atoms with van der Waals surface area (Å²) in [7, 11) is -4.20. The Morgan fingerprint density at radius 2 is 1.72 bits per heavy atom. The summed E-state index contributed by atoms with van der Waals surface area (Å²) in [5.41, 5.74) is -1.48. The summed E-state index contributed by atoms with van der Waals surface area (Å²) in [6, 6.07) is 5.37. The van der Waals surface area contributed by atoms with Crippen molar-refractivity contribution in [2.75, 3.05) is 25.0 Å². The fourth-order valence-electron chi connectivity index (χ4n) is 2.88. The van der Waals surface area contributed by atoms with Gasteiger partial charge in [-0.15, -0.1) is 0 Å². The lowest BCUT2D eigenvalue weighted by Crippen LogP contribution is -2.31. The third-order valence-electron chi connectivity index (χ3n) is 4.53. The van der Waals surface area contributed by atoms with Crippen molar-refractivity contribution < 1.29 is 35.5 Å². The van der Waals surface area contributed by atoms with Crippen LogP contribution < -0.4 is 10.1 Å². The van der Waals surface area contributed by atoms with Crippen LogP contribution in [0.15, 0.2) is 41.3 Å². The van der Waals surface area contributed by atoms with E-state index in [-0.39, 0.29) is 36.7 Å². The standard InChI is InChI=1S/C21H24F4N2O4S/c1-4-11-31-18-10-8-15(21(23,24)25)13-17(18)26-20(28)14-7-9-16(22)19(12-14)32(29,30)27(5-2)6-3/h7-10,12-13H,4-6,11H2,1-3H3,(H,26,28). The van der Waals surface area contributed by atoms with Gasteiger partial charge in [-0.2, -0.15) is 17.5 Å². The van der Waals surface area contributed by atoms with Crippen LogP contribution in [0, 0.1) is 5.82 Å². The molecule has 2 rings (SSSR count). The van der Waals surface area contributed by atoms with Crippen LogP contribution in [0.4, 0.5) is 23.2 Å². The van der Waals surface area contributed by atoms with Crippen LogP contribution in [0.25, 0.3) is 0 Å². The Bertz CT molecular complexity index is 1070. The van der Waals surface area contributed by atoms with Gasteiger partial charge in [-0.25, -0.2) is 12.8 Å². The molecule has 0 aliphatic heterocycles. The highest BCUT2D eigenvalue weighted by Gasteiger charge is 2.32. The van der Waals surface area contributed by atoms with Crippen molar-refractivity contribution in [3.8, 4) is 5.75 Å². The number of sulfonamides is 1. The number of hydrogen-bond donors (Lipinski definition) is 1. The van der Waals surface area contributed by atoms with Gasteiger partial charge >= 0.3 is 6.18 Å². The maximum Gasteiger partial charge on any atom is 0.416 e. The number of nitrogens with zero attached hydrogens (tertiary/aromatic N) is 1. The molecule has 0 radical (unpaired) electrons. The van der Waals surface area contributed by atoms with E-state index in [1.807, 2.05) is 0 Å². The van der Waals surface area contributed by atoms with Gasteiger partial charge in [0.25, 0.3) is 5.91 Å². The molecule has 0 aliphatic carbocycles. The van der Waals surface area contributed by atoms with Crippen LogP contribution in [0.5, 0.6) is 5.75 Å². The van der Waals surface area contributed by atoms with Gasteiger partial charge in [0.2, 0.25) is 10.0 Å². The van der Waals surface area contributed by atoms with E-state index in [0.29, 0.717) is 6.42 Å². The zero-order chi connectivity index (χ0) is 24.1. The highest BCUT2D eigenvalue weighted by Crippen LogP contribution is 2.35. The molecule has 2 aromatic rings. The zero-order valence-electron chi connectivity index (χ0n) is 17.8. The van der Waals surface area contributed by atoms with E-state index >= 15 is 0 Å².